The zero-order valence-electron chi connectivity index (χ0n) is 6.12. The lowest BCUT2D eigenvalue weighted by molar-refractivity contribution is 0.605. The predicted octanol–water partition coefficient (Wildman–Crippen LogP) is -0.196. The van der Waals surface area contributed by atoms with Gasteiger partial charge >= 0.3 is 0 Å². The molecule has 0 spiro atoms. The first-order chi connectivity index (χ1) is 5.33. The Kier molecular flexibility index (Phi) is 2.85. The van der Waals surface area contributed by atoms with Gasteiger partial charge < -0.3 is 5.32 Å². The van der Waals surface area contributed by atoms with Gasteiger partial charge in [-0.2, -0.15) is 0 Å². The third-order valence-corrected chi connectivity index (χ3v) is 1.28. The summed E-state index contributed by atoms with van der Waals surface area (Å²) >= 11 is 0. The minimum atomic E-state index is -0.405. The zero-order chi connectivity index (χ0) is 8.10. The molecule has 0 fully saturated rings. The molecule has 0 radical (unpaired) electrons. The molecule has 0 amide bonds. The number of hydrogen-bond acceptors (Lipinski definition) is 4. The first kappa shape index (κ1) is 8.00. The van der Waals surface area contributed by atoms with Gasteiger partial charge in [-0.05, 0) is 12.1 Å². The lowest BCUT2D eigenvalue weighted by Crippen LogP contribution is -2.47. The molecule has 0 saturated carbocycles. The molecule has 1 aromatic rings. The van der Waals surface area contributed by atoms with Gasteiger partial charge in [-0.25, -0.2) is 5.43 Å². The van der Waals surface area contributed by atoms with Gasteiger partial charge in [0, 0.05) is 5.69 Å². The monoisotopic (exact) mass is 152 g/mol. The Morgan fingerprint density at radius 3 is 2.36 bits per heavy atom. The molecule has 0 aliphatic heterocycles. The van der Waals surface area contributed by atoms with E-state index in [0.717, 1.165) is 5.69 Å². The molecular formula is C7H12N4. The van der Waals surface area contributed by atoms with Crippen LogP contribution < -0.4 is 22.3 Å². The Balaban J connectivity index is 2.51. The molecule has 0 aromatic heterocycles. The van der Waals surface area contributed by atoms with Crippen LogP contribution in [0.5, 0.6) is 0 Å². The highest BCUT2D eigenvalue weighted by atomic mass is 15.4. The second-order valence-corrected chi connectivity index (χ2v) is 2.15. The molecule has 60 valence electrons. The average Bonchev–Trinajstić information content (AvgIpc) is 2.06. The van der Waals surface area contributed by atoms with Crippen LogP contribution in [0.4, 0.5) is 5.69 Å². The summed E-state index contributed by atoms with van der Waals surface area (Å²) in [5.74, 6) is 5.08. The van der Waals surface area contributed by atoms with Crippen molar-refractivity contribution in [3.05, 3.63) is 30.3 Å². The van der Waals surface area contributed by atoms with Crippen molar-refractivity contribution in [2.45, 2.75) is 6.29 Å². The summed E-state index contributed by atoms with van der Waals surface area (Å²) in [5.41, 5.74) is 8.78. The van der Waals surface area contributed by atoms with Crippen LogP contribution in [-0.2, 0) is 0 Å². The number of rotatable bonds is 3. The lowest BCUT2D eigenvalue weighted by atomic mass is 10.3. The first-order valence-electron chi connectivity index (χ1n) is 3.36. The molecule has 0 heterocycles. The van der Waals surface area contributed by atoms with Crippen LogP contribution in [0.15, 0.2) is 30.3 Å². The van der Waals surface area contributed by atoms with Crippen molar-refractivity contribution in [3.8, 4) is 0 Å². The van der Waals surface area contributed by atoms with Gasteiger partial charge in [0.1, 0.15) is 6.29 Å². The average molecular weight is 152 g/mol. The molecule has 0 unspecified atom stereocenters. The highest BCUT2D eigenvalue weighted by Gasteiger charge is 1.95. The maximum Gasteiger partial charge on any atom is 0.142 e. The van der Waals surface area contributed by atoms with Crippen LogP contribution in [0.1, 0.15) is 0 Å². The SMILES string of the molecule is NN[C@@H](N)Nc1ccccc1. The third kappa shape index (κ3) is 2.55. The summed E-state index contributed by atoms with van der Waals surface area (Å²) in [6, 6.07) is 9.61. The Bertz CT molecular complexity index is 199. The summed E-state index contributed by atoms with van der Waals surface area (Å²) < 4.78 is 0. The number of nitrogens with two attached hydrogens (primary N) is 2. The molecule has 0 saturated heterocycles. The molecule has 4 nitrogen and oxygen atoms in total. The number of para-hydroxylation sites is 1. The number of hydrazine groups is 1. The first-order valence-corrected chi connectivity index (χ1v) is 3.36. The van der Waals surface area contributed by atoms with E-state index in [1.807, 2.05) is 30.3 Å². The number of benzene rings is 1. The largest absolute Gasteiger partial charge is 0.357 e. The molecule has 1 rings (SSSR count). The topological polar surface area (TPSA) is 76.1 Å². The van der Waals surface area contributed by atoms with E-state index >= 15 is 0 Å². The predicted molar refractivity (Wildman–Crippen MR) is 45.4 cm³/mol. The van der Waals surface area contributed by atoms with Gasteiger partial charge in [0.25, 0.3) is 0 Å². The van der Waals surface area contributed by atoms with Crippen molar-refractivity contribution < 1.29 is 0 Å². The van der Waals surface area contributed by atoms with Crippen LogP contribution in [0, 0.1) is 0 Å². The van der Waals surface area contributed by atoms with Crippen LogP contribution in [0.2, 0.25) is 0 Å². The standard InChI is InChI=1S/C7H12N4/c8-7(11-9)10-6-4-2-1-3-5-6/h1-5,7,10-11H,8-9H2/t7-/m0/s1. The van der Waals surface area contributed by atoms with Crippen LogP contribution in [-0.4, -0.2) is 6.29 Å². The Labute approximate surface area is 65.5 Å². The van der Waals surface area contributed by atoms with E-state index in [1.54, 1.807) is 0 Å². The van der Waals surface area contributed by atoms with Gasteiger partial charge in [0.2, 0.25) is 0 Å². The smallest absolute Gasteiger partial charge is 0.142 e. The molecule has 0 bridgehead atoms. The Hall–Kier alpha value is -1.10. The van der Waals surface area contributed by atoms with Crippen molar-refractivity contribution >= 4 is 5.69 Å². The van der Waals surface area contributed by atoms with E-state index in [9.17, 15) is 0 Å². The summed E-state index contributed by atoms with van der Waals surface area (Å²) in [7, 11) is 0. The fourth-order valence-corrected chi connectivity index (χ4v) is 0.756. The van der Waals surface area contributed by atoms with Gasteiger partial charge in [-0.1, -0.05) is 18.2 Å². The van der Waals surface area contributed by atoms with Crippen molar-refractivity contribution in [2.24, 2.45) is 11.6 Å². The summed E-state index contributed by atoms with van der Waals surface area (Å²) in [5, 5.41) is 2.93. The molecule has 4 heteroatoms. The minimum absolute atomic E-state index is 0.405. The quantitative estimate of drug-likeness (QED) is 0.275. The highest BCUT2D eigenvalue weighted by molar-refractivity contribution is 5.42. The van der Waals surface area contributed by atoms with Gasteiger partial charge in [-0.15, -0.1) is 0 Å². The Morgan fingerprint density at radius 1 is 1.18 bits per heavy atom. The zero-order valence-corrected chi connectivity index (χ0v) is 6.12. The van der Waals surface area contributed by atoms with Gasteiger partial charge in [-0.3, -0.25) is 11.6 Å². The van der Waals surface area contributed by atoms with Gasteiger partial charge in [0.15, 0.2) is 0 Å². The van der Waals surface area contributed by atoms with Crippen molar-refractivity contribution in [1.82, 2.24) is 5.43 Å². The molecule has 11 heavy (non-hydrogen) atoms. The van der Waals surface area contributed by atoms with E-state index in [1.165, 1.54) is 0 Å². The normalized spacial score (nSPS) is 12.5. The van der Waals surface area contributed by atoms with E-state index < -0.39 is 6.29 Å². The van der Waals surface area contributed by atoms with Crippen molar-refractivity contribution in [1.29, 1.82) is 0 Å². The summed E-state index contributed by atoms with van der Waals surface area (Å²) in [6.07, 6.45) is -0.405. The van der Waals surface area contributed by atoms with E-state index in [4.69, 9.17) is 11.6 Å². The second kappa shape index (κ2) is 3.92. The number of hydrogen-bond donors (Lipinski definition) is 4. The van der Waals surface area contributed by atoms with E-state index in [-0.39, 0.29) is 0 Å². The van der Waals surface area contributed by atoms with Crippen LogP contribution >= 0.6 is 0 Å². The second-order valence-electron chi connectivity index (χ2n) is 2.15. The fourth-order valence-electron chi connectivity index (χ4n) is 0.756. The summed E-state index contributed by atoms with van der Waals surface area (Å²) in [4.78, 5) is 0. The molecule has 0 aliphatic carbocycles. The van der Waals surface area contributed by atoms with E-state index in [2.05, 4.69) is 10.7 Å². The van der Waals surface area contributed by atoms with E-state index in [0.29, 0.717) is 0 Å². The highest BCUT2D eigenvalue weighted by Crippen LogP contribution is 2.03. The molecule has 6 N–H and O–H groups in total. The lowest BCUT2D eigenvalue weighted by Gasteiger charge is -2.12. The van der Waals surface area contributed by atoms with Crippen molar-refractivity contribution in [3.63, 3.8) is 0 Å². The summed E-state index contributed by atoms with van der Waals surface area (Å²) in [6.45, 7) is 0. The minimum Gasteiger partial charge on any atom is -0.357 e. The fraction of sp³-hybridized carbons (Fsp3) is 0.143. The van der Waals surface area contributed by atoms with Crippen LogP contribution in [0.3, 0.4) is 0 Å². The maximum atomic E-state index is 5.46. The Morgan fingerprint density at radius 2 is 1.82 bits per heavy atom. The molecule has 0 aliphatic rings. The third-order valence-electron chi connectivity index (χ3n) is 1.28. The number of nitrogens with one attached hydrogen (secondary N) is 2. The maximum absolute atomic E-state index is 5.46. The van der Waals surface area contributed by atoms with Crippen molar-refractivity contribution in [2.75, 3.05) is 5.32 Å². The molecular weight excluding hydrogens is 140 g/mol. The van der Waals surface area contributed by atoms with Gasteiger partial charge in [0.05, 0.1) is 0 Å². The van der Waals surface area contributed by atoms with Crippen LogP contribution in [0.25, 0.3) is 0 Å². The number of anilines is 1. The molecule has 1 atom stereocenters. The molecule has 1 aromatic carbocycles.